The zero-order valence-electron chi connectivity index (χ0n) is 10.3. The van der Waals surface area contributed by atoms with E-state index in [-0.39, 0.29) is 5.41 Å². The van der Waals surface area contributed by atoms with E-state index in [1.807, 2.05) is 0 Å². The molecular weight excluding hydrogens is 196 g/mol. The van der Waals surface area contributed by atoms with Gasteiger partial charge >= 0.3 is 0 Å². The Morgan fingerprint density at radius 2 is 2.12 bits per heavy atom. The lowest BCUT2D eigenvalue weighted by atomic mass is 9.50. The maximum Gasteiger partial charge on any atom is 0.143 e. The normalized spacial score (nSPS) is 42.2. The molecule has 0 saturated heterocycles. The van der Waals surface area contributed by atoms with Gasteiger partial charge in [0.1, 0.15) is 5.78 Å². The van der Waals surface area contributed by atoms with Crippen molar-refractivity contribution in [2.45, 2.75) is 46.0 Å². The summed E-state index contributed by atoms with van der Waals surface area (Å²) in [7, 11) is 0. The predicted octanol–water partition coefficient (Wildman–Crippen LogP) is 3.66. The summed E-state index contributed by atoms with van der Waals surface area (Å²) in [6.07, 6.45) is 9.84. The second-order valence-corrected chi connectivity index (χ2v) is 5.81. The molecule has 0 aromatic rings. The van der Waals surface area contributed by atoms with Gasteiger partial charge in [-0.25, -0.2) is 0 Å². The van der Waals surface area contributed by atoms with E-state index in [0.717, 1.165) is 25.7 Å². The van der Waals surface area contributed by atoms with E-state index < -0.39 is 0 Å². The Bertz CT molecular complexity index is 402. The predicted molar refractivity (Wildman–Crippen MR) is 65.0 cm³/mol. The van der Waals surface area contributed by atoms with Gasteiger partial charge in [0.25, 0.3) is 0 Å². The smallest absolute Gasteiger partial charge is 0.143 e. The van der Waals surface area contributed by atoms with E-state index in [0.29, 0.717) is 17.6 Å². The van der Waals surface area contributed by atoms with Gasteiger partial charge in [-0.2, -0.15) is 0 Å². The standard InChI is InChI=1S/C15H20O/c1-10-4-3-5-13-12(10)6-7-14(16)15(13)9-8-11(15)2/h3,5,10-11H,4,6-9H2,1-2H3. The summed E-state index contributed by atoms with van der Waals surface area (Å²) in [6, 6.07) is 0. The summed E-state index contributed by atoms with van der Waals surface area (Å²) < 4.78 is 0. The van der Waals surface area contributed by atoms with Crippen molar-refractivity contribution in [3.05, 3.63) is 23.3 Å². The summed E-state index contributed by atoms with van der Waals surface area (Å²) >= 11 is 0. The second-order valence-electron chi connectivity index (χ2n) is 5.81. The Morgan fingerprint density at radius 3 is 2.75 bits per heavy atom. The number of allylic oxidation sites excluding steroid dienone is 4. The fraction of sp³-hybridized carbons (Fsp3) is 0.667. The second kappa shape index (κ2) is 3.32. The molecule has 86 valence electrons. The highest BCUT2D eigenvalue weighted by molar-refractivity contribution is 5.92. The lowest BCUT2D eigenvalue weighted by Gasteiger charge is -2.52. The largest absolute Gasteiger partial charge is 0.299 e. The van der Waals surface area contributed by atoms with Crippen molar-refractivity contribution in [1.29, 1.82) is 0 Å². The van der Waals surface area contributed by atoms with Gasteiger partial charge in [0, 0.05) is 6.42 Å². The van der Waals surface area contributed by atoms with Crippen LogP contribution in [0.15, 0.2) is 23.3 Å². The van der Waals surface area contributed by atoms with Crippen molar-refractivity contribution in [1.82, 2.24) is 0 Å². The van der Waals surface area contributed by atoms with Crippen molar-refractivity contribution in [3.63, 3.8) is 0 Å². The average molecular weight is 216 g/mol. The van der Waals surface area contributed by atoms with Crippen LogP contribution in [0.2, 0.25) is 0 Å². The molecule has 0 bridgehead atoms. The zero-order valence-corrected chi connectivity index (χ0v) is 10.3. The van der Waals surface area contributed by atoms with Crippen LogP contribution in [0.3, 0.4) is 0 Å². The van der Waals surface area contributed by atoms with Gasteiger partial charge < -0.3 is 0 Å². The highest BCUT2D eigenvalue weighted by Gasteiger charge is 2.54. The number of carbonyl (C=O) groups excluding carboxylic acids is 1. The summed E-state index contributed by atoms with van der Waals surface area (Å²) in [5, 5.41) is 0. The molecule has 3 aliphatic carbocycles. The van der Waals surface area contributed by atoms with Crippen LogP contribution >= 0.6 is 0 Å². The highest BCUT2D eigenvalue weighted by Crippen LogP contribution is 2.58. The van der Waals surface area contributed by atoms with Crippen molar-refractivity contribution in [2.75, 3.05) is 0 Å². The van der Waals surface area contributed by atoms with Crippen LogP contribution in [0, 0.1) is 17.3 Å². The summed E-state index contributed by atoms with van der Waals surface area (Å²) in [4.78, 5) is 12.3. The Kier molecular flexibility index (Phi) is 2.14. The van der Waals surface area contributed by atoms with E-state index in [1.54, 1.807) is 5.57 Å². The topological polar surface area (TPSA) is 17.1 Å². The number of hydrogen-bond acceptors (Lipinski definition) is 1. The molecule has 3 rings (SSSR count). The molecule has 1 nitrogen and oxygen atoms in total. The van der Waals surface area contributed by atoms with Crippen LogP contribution < -0.4 is 0 Å². The van der Waals surface area contributed by atoms with Crippen LogP contribution in [0.1, 0.15) is 46.0 Å². The molecule has 3 aliphatic rings. The van der Waals surface area contributed by atoms with E-state index in [2.05, 4.69) is 26.0 Å². The molecule has 0 aliphatic heterocycles. The molecule has 1 heteroatoms. The number of Topliss-reactive ketones (excluding diaryl/α,β-unsaturated/α-hetero) is 1. The molecule has 3 unspecified atom stereocenters. The van der Waals surface area contributed by atoms with E-state index >= 15 is 0 Å². The van der Waals surface area contributed by atoms with E-state index in [1.165, 1.54) is 12.0 Å². The van der Waals surface area contributed by atoms with E-state index in [9.17, 15) is 4.79 Å². The molecule has 1 spiro atoms. The number of fused-ring (bicyclic) bond motifs is 1. The fourth-order valence-electron chi connectivity index (χ4n) is 3.88. The third kappa shape index (κ3) is 1.09. The van der Waals surface area contributed by atoms with Crippen molar-refractivity contribution >= 4 is 5.78 Å². The molecule has 0 N–H and O–H groups in total. The molecule has 3 atom stereocenters. The lowest BCUT2D eigenvalue weighted by molar-refractivity contribution is -0.135. The van der Waals surface area contributed by atoms with Crippen LogP contribution in [0.5, 0.6) is 0 Å². The molecule has 1 fully saturated rings. The van der Waals surface area contributed by atoms with Crippen molar-refractivity contribution in [2.24, 2.45) is 17.3 Å². The molecule has 0 radical (unpaired) electrons. The Morgan fingerprint density at radius 1 is 1.31 bits per heavy atom. The van der Waals surface area contributed by atoms with Gasteiger partial charge in [0.2, 0.25) is 0 Å². The molecule has 1 saturated carbocycles. The van der Waals surface area contributed by atoms with Gasteiger partial charge in [-0.1, -0.05) is 31.6 Å². The summed E-state index contributed by atoms with van der Waals surface area (Å²) in [5.41, 5.74) is 2.95. The zero-order chi connectivity index (χ0) is 11.3. The summed E-state index contributed by atoms with van der Waals surface area (Å²) in [5.74, 6) is 1.75. The third-order valence-corrected chi connectivity index (χ3v) is 5.13. The SMILES string of the molecule is CC1CC=CC2=C1CCC(=O)C21CCC1C. The van der Waals surface area contributed by atoms with Crippen molar-refractivity contribution in [3.8, 4) is 0 Å². The van der Waals surface area contributed by atoms with Crippen molar-refractivity contribution < 1.29 is 4.79 Å². The quantitative estimate of drug-likeness (QED) is 0.604. The van der Waals surface area contributed by atoms with Crippen LogP contribution in [0.4, 0.5) is 0 Å². The molecular formula is C15H20O. The first-order chi connectivity index (χ1) is 7.66. The Balaban J connectivity index is 2.12. The van der Waals surface area contributed by atoms with Gasteiger partial charge in [-0.15, -0.1) is 0 Å². The first kappa shape index (κ1) is 10.3. The van der Waals surface area contributed by atoms with Gasteiger partial charge in [-0.3, -0.25) is 4.79 Å². The first-order valence-electron chi connectivity index (χ1n) is 6.59. The van der Waals surface area contributed by atoms with Gasteiger partial charge in [0.15, 0.2) is 0 Å². The molecule has 0 heterocycles. The van der Waals surface area contributed by atoms with Gasteiger partial charge in [0.05, 0.1) is 5.41 Å². The molecule has 16 heavy (non-hydrogen) atoms. The number of carbonyl (C=O) groups is 1. The van der Waals surface area contributed by atoms with E-state index in [4.69, 9.17) is 0 Å². The number of hydrogen-bond donors (Lipinski definition) is 0. The minimum absolute atomic E-state index is 0.0568. The minimum Gasteiger partial charge on any atom is -0.299 e. The fourth-order valence-corrected chi connectivity index (χ4v) is 3.88. The maximum absolute atomic E-state index is 12.3. The lowest BCUT2D eigenvalue weighted by Crippen LogP contribution is -2.49. The molecule has 0 amide bonds. The third-order valence-electron chi connectivity index (χ3n) is 5.13. The van der Waals surface area contributed by atoms with Gasteiger partial charge in [-0.05, 0) is 43.1 Å². The molecule has 0 aromatic heterocycles. The van der Waals surface area contributed by atoms with Crippen LogP contribution in [0.25, 0.3) is 0 Å². The molecule has 0 aromatic carbocycles. The highest BCUT2D eigenvalue weighted by atomic mass is 16.1. The summed E-state index contributed by atoms with van der Waals surface area (Å²) in [6.45, 7) is 4.57. The van der Waals surface area contributed by atoms with Crippen LogP contribution in [-0.2, 0) is 4.79 Å². The Hall–Kier alpha value is -0.850. The number of rotatable bonds is 0. The number of ketones is 1. The first-order valence-corrected chi connectivity index (χ1v) is 6.59. The monoisotopic (exact) mass is 216 g/mol. The average Bonchev–Trinajstić information content (AvgIpc) is 2.27. The Labute approximate surface area is 97.6 Å². The minimum atomic E-state index is -0.0568. The maximum atomic E-state index is 12.3. The van der Waals surface area contributed by atoms with Crippen LogP contribution in [-0.4, -0.2) is 5.78 Å².